The Balaban J connectivity index is 2.40. The van der Waals surface area contributed by atoms with Gasteiger partial charge in [0.25, 0.3) is 5.91 Å². The van der Waals surface area contributed by atoms with Crippen molar-refractivity contribution in [2.45, 2.75) is 46.1 Å². The van der Waals surface area contributed by atoms with Crippen molar-refractivity contribution < 1.29 is 9.53 Å². The quantitative estimate of drug-likeness (QED) is 0.815. The molecule has 19 heavy (non-hydrogen) atoms. The zero-order chi connectivity index (χ0) is 14.3. The van der Waals surface area contributed by atoms with Crippen molar-refractivity contribution in [1.82, 2.24) is 5.32 Å². The van der Waals surface area contributed by atoms with E-state index in [1.807, 2.05) is 0 Å². The minimum atomic E-state index is -0.0142. The van der Waals surface area contributed by atoms with E-state index in [0.29, 0.717) is 5.56 Å². The van der Waals surface area contributed by atoms with Crippen molar-refractivity contribution in [3.63, 3.8) is 0 Å². The van der Waals surface area contributed by atoms with Gasteiger partial charge in [-0.05, 0) is 43.5 Å². The molecule has 3 nitrogen and oxygen atoms in total. The van der Waals surface area contributed by atoms with E-state index in [1.54, 1.807) is 31.4 Å². The first-order valence-corrected chi connectivity index (χ1v) is 6.98. The summed E-state index contributed by atoms with van der Waals surface area (Å²) < 4.78 is 5.07. The standard InChI is InChI=1S/C16H25NO2/c1-12(2)6-5-7-13(3)17-16(18)14-8-10-15(19-4)11-9-14/h8-13H,5-7H2,1-4H3,(H,17,18). The molecule has 106 valence electrons. The molecule has 1 amide bonds. The normalized spacial score (nSPS) is 12.3. The Morgan fingerprint density at radius 3 is 2.32 bits per heavy atom. The second-order valence-electron chi connectivity index (χ2n) is 5.43. The fraction of sp³-hybridized carbons (Fsp3) is 0.562. The van der Waals surface area contributed by atoms with Gasteiger partial charge in [0, 0.05) is 11.6 Å². The summed E-state index contributed by atoms with van der Waals surface area (Å²) in [5.41, 5.74) is 0.677. The fourth-order valence-electron chi connectivity index (χ4n) is 1.95. The highest BCUT2D eigenvalue weighted by atomic mass is 16.5. The van der Waals surface area contributed by atoms with Gasteiger partial charge in [-0.3, -0.25) is 4.79 Å². The molecule has 1 aromatic carbocycles. The van der Waals surface area contributed by atoms with Crippen molar-refractivity contribution >= 4 is 5.91 Å². The van der Waals surface area contributed by atoms with Gasteiger partial charge in [-0.25, -0.2) is 0 Å². The van der Waals surface area contributed by atoms with E-state index in [4.69, 9.17) is 4.74 Å². The molecule has 1 aromatic rings. The molecule has 0 aliphatic carbocycles. The Bertz CT molecular complexity index is 384. The molecule has 1 atom stereocenters. The smallest absolute Gasteiger partial charge is 0.251 e. The van der Waals surface area contributed by atoms with Gasteiger partial charge in [0.05, 0.1) is 7.11 Å². The average molecular weight is 263 g/mol. The summed E-state index contributed by atoms with van der Waals surface area (Å²) in [4.78, 5) is 12.0. The first kappa shape index (κ1) is 15.5. The second-order valence-corrected chi connectivity index (χ2v) is 5.43. The van der Waals surface area contributed by atoms with Crippen molar-refractivity contribution in [1.29, 1.82) is 0 Å². The SMILES string of the molecule is COc1ccc(C(=O)NC(C)CCCC(C)C)cc1. The minimum Gasteiger partial charge on any atom is -0.497 e. The van der Waals surface area contributed by atoms with Gasteiger partial charge in [-0.15, -0.1) is 0 Å². The first-order chi connectivity index (χ1) is 9.02. The summed E-state index contributed by atoms with van der Waals surface area (Å²) in [6.07, 6.45) is 3.39. The Morgan fingerprint density at radius 2 is 1.79 bits per heavy atom. The van der Waals surface area contributed by atoms with Gasteiger partial charge in [-0.1, -0.05) is 26.7 Å². The molecule has 0 fully saturated rings. The molecule has 0 saturated heterocycles. The topological polar surface area (TPSA) is 38.3 Å². The molecule has 0 aliphatic heterocycles. The van der Waals surface area contributed by atoms with Gasteiger partial charge in [0.2, 0.25) is 0 Å². The van der Waals surface area contributed by atoms with Crippen LogP contribution in [0.25, 0.3) is 0 Å². The Labute approximate surface area is 116 Å². The summed E-state index contributed by atoms with van der Waals surface area (Å²) in [6, 6.07) is 7.40. The van der Waals surface area contributed by atoms with Crippen LogP contribution in [0.1, 0.15) is 50.4 Å². The minimum absolute atomic E-state index is 0.0142. The molecule has 0 spiro atoms. The molecule has 1 N–H and O–H groups in total. The van der Waals surface area contributed by atoms with E-state index in [1.165, 1.54) is 6.42 Å². The van der Waals surface area contributed by atoms with Crippen LogP contribution in [0.5, 0.6) is 5.75 Å². The molecular formula is C16H25NO2. The van der Waals surface area contributed by atoms with Gasteiger partial charge in [0.15, 0.2) is 0 Å². The predicted octanol–water partition coefficient (Wildman–Crippen LogP) is 3.64. The van der Waals surface area contributed by atoms with E-state index in [0.717, 1.165) is 24.5 Å². The zero-order valence-corrected chi connectivity index (χ0v) is 12.4. The number of rotatable bonds is 7. The molecule has 0 heterocycles. The Morgan fingerprint density at radius 1 is 1.16 bits per heavy atom. The molecule has 0 aromatic heterocycles. The number of benzene rings is 1. The number of carbonyl (C=O) groups is 1. The van der Waals surface area contributed by atoms with Crippen molar-refractivity contribution in [3.8, 4) is 5.75 Å². The van der Waals surface area contributed by atoms with Crippen LogP contribution in [-0.4, -0.2) is 19.1 Å². The Kier molecular flexibility index (Phi) is 6.40. The Hall–Kier alpha value is -1.51. The highest BCUT2D eigenvalue weighted by Crippen LogP contribution is 2.12. The fourth-order valence-corrected chi connectivity index (χ4v) is 1.95. The third kappa shape index (κ3) is 5.77. The first-order valence-electron chi connectivity index (χ1n) is 6.98. The maximum atomic E-state index is 12.0. The van der Waals surface area contributed by atoms with E-state index in [9.17, 15) is 4.79 Å². The molecule has 0 bridgehead atoms. The van der Waals surface area contributed by atoms with Gasteiger partial charge >= 0.3 is 0 Å². The van der Waals surface area contributed by atoms with Crippen LogP contribution in [-0.2, 0) is 0 Å². The lowest BCUT2D eigenvalue weighted by atomic mass is 10.0. The number of hydrogen-bond donors (Lipinski definition) is 1. The lowest BCUT2D eigenvalue weighted by Gasteiger charge is -2.14. The van der Waals surface area contributed by atoms with Crippen molar-refractivity contribution in [2.24, 2.45) is 5.92 Å². The van der Waals surface area contributed by atoms with E-state index in [-0.39, 0.29) is 11.9 Å². The maximum absolute atomic E-state index is 12.0. The van der Waals surface area contributed by atoms with Crippen LogP contribution in [0.3, 0.4) is 0 Å². The number of nitrogens with one attached hydrogen (secondary N) is 1. The number of methoxy groups -OCH3 is 1. The summed E-state index contributed by atoms with van der Waals surface area (Å²) >= 11 is 0. The van der Waals surface area contributed by atoms with E-state index < -0.39 is 0 Å². The number of amides is 1. The van der Waals surface area contributed by atoms with Gasteiger partial charge < -0.3 is 10.1 Å². The van der Waals surface area contributed by atoms with Crippen molar-refractivity contribution in [3.05, 3.63) is 29.8 Å². The van der Waals surface area contributed by atoms with Crippen molar-refractivity contribution in [2.75, 3.05) is 7.11 Å². The molecule has 1 rings (SSSR count). The van der Waals surface area contributed by atoms with E-state index in [2.05, 4.69) is 26.1 Å². The van der Waals surface area contributed by atoms with Crippen LogP contribution in [0.2, 0.25) is 0 Å². The zero-order valence-electron chi connectivity index (χ0n) is 12.4. The van der Waals surface area contributed by atoms with Crippen LogP contribution in [0.15, 0.2) is 24.3 Å². The van der Waals surface area contributed by atoms with Crippen LogP contribution < -0.4 is 10.1 Å². The lowest BCUT2D eigenvalue weighted by molar-refractivity contribution is 0.0937. The van der Waals surface area contributed by atoms with Crippen LogP contribution in [0, 0.1) is 5.92 Å². The molecule has 1 unspecified atom stereocenters. The molecule has 0 radical (unpaired) electrons. The van der Waals surface area contributed by atoms with Crippen LogP contribution >= 0.6 is 0 Å². The molecule has 0 saturated carbocycles. The van der Waals surface area contributed by atoms with Crippen LogP contribution in [0.4, 0.5) is 0 Å². The van der Waals surface area contributed by atoms with Gasteiger partial charge in [-0.2, -0.15) is 0 Å². The molecular weight excluding hydrogens is 238 g/mol. The highest BCUT2D eigenvalue weighted by molar-refractivity contribution is 5.94. The predicted molar refractivity (Wildman–Crippen MR) is 78.6 cm³/mol. The monoisotopic (exact) mass is 263 g/mol. The third-order valence-corrected chi connectivity index (χ3v) is 3.15. The maximum Gasteiger partial charge on any atom is 0.251 e. The second kappa shape index (κ2) is 7.82. The largest absolute Gasteiger partial charge is 0.497 e. The summed E-state index contributed by atoms with van der Waals surface area (Å²) in [5.74, 6) is 1.48. The summed E-state index contributed by atoms with van der Waals surface area (Å²) in [5, 5.41) is 3.03. The number of hydrogen-bond acceptors (Lipinski definition) is 2. The van der Waals surface area contributed by atoms with Gasteiger partial charge in [0.1, 0.15) is 5.75 Å². The average Bonchev–Trinajstić information content (AvgIpc) is 2.38. The van der Waals surface area contributed by atoms with E-state index >= 15 is 0 Å². The summed E-state index contributed by atoms with van der Waals surface area (Å²) in [6.45, 7) is 6.50. The lowest BCUT2D eigenvalue weighted by Crippen LogP contribution is -2.32. The summed E-state index contributed by atoms with van der Waals surface area (Å²) in [7, 11) is 1.62. The third-order valence-electron chi connectivity index (χ3n) is 3.15. The number of carbonyl (C=O) groups excluding carboxylic acids is 1. The molecule has 3 heteroatoms. The number of ether oxygens (including phenoxy) is 1. The molecule has 0 aliphatic rings. The highest BCUT2D eigenvalue weighted by Gasteiger charge is 2.09.